The SMILES string of the molecule is C/C(=N\Oc1cc(C)ncn1)c1ccc(F)cc1. The second-order valence-electron chi connectivity index (χ2n) is 3.77. The van der Waals surface area contributed by atoms with Crippen molar-refractivity contribution in [3.8, 4) is 5.88 Å². The van der Waals surface area contributed by atoms with E-state index in [4.69, 9.17) is 4.84 Å². The zero-order chi connectivity index (χ0) is 13.0. The average Bonchev–Trinajstić information content (AvgIpc) is 2.37. The van der Waals surface area contributed by atoms with Crippen LogP contribution in [0.5, 0.6) is 5.88 Å². The van der Waals surface area contributed by atoms with Crippen molar-refractivity contribution < 1.29 is 9.23 Å². The number of aromatic nitrogens is 2. The molecule has 1 heterocycles. The molecule has 0 bridgehead atoms. The van der Waals surface area contributed by atoms with E-state index < -0.39 is 0 Å². The third kappa shape index (κ3) is 3.10. The molecule has 0 unspecified atom stereocenters. The van der Waals surface area contributed by atoms with Crippen molar-refractivity contribution in [2.24, 2.45) is 5.16 Å². The van der Waals surface area contributed by atoms with Gasteiger partial charge in [0, 0.05) is 11.8 Å². The molecule has 1 aromatic heterocycles. The Labute approximate surface area is 104 Å². The number of rotatable bonds is 3. The molecule has 0 fully saturated rings. The van der Waals surface area contributed by atoms with Crippen molar-refractivity contribution in [2.45, 2.75) is 13.8 Å². The quantitative estimate of drug-likeness (QED) is 0.617. The number of aryl methyl sites for hydroxylation is 1. The Balaban J connectivity index is 2.11. The van der Waals surface area contributed by atoms with Crippen LogP contribution < -0.4 is 4.84 Å². The number of halogens is 1. The van der Waals surface area contributed by atoms with Crippen LogP contribution in [0.4, 0.5) is 4.39 Å². The van der Waals surface area contributed by atoms with Crippen molar-refractivity contribution in [3.63, 3.8) is 0 Å². The summed E-state index contributed by atoms with van der Waals surface area (Å²) in [4.78, 5) is 13.0. The Morgan fingerprint density at radius 2 is 1.94 bits per heavy atom. The third-order valence-electron chi connectivity index (χ3n) is 2.32. The van der Waals surface area contributed by atoms with Gasteiger partial charge in [0.15, 0.2) is 0 Å². The Kier molecular flexibility index (Phi) is 3.62. The molecule has 2 aromatic rings. The molecular formula is C13H12FN3O. The van der Waals surface area contributed by atoms with Crippen LogP contribution in [0.3, 0.4) is 0 Å². The maximum atomic E-state index is 12.8. The number of oxime groups is 1. The Hall–Kier alpha value is -2.30. The molecule has 0 radical (unpaired) electrons. The van der Waals surface area contributed by atoms with Gasteiger partial charge in [-0.15, -0.1) is 0 Å². The molecule has 0 spiro atoms. The fourth-order valence-electron chi connectivity index (χ4n) is 1.34. The molecule has 92 valence electrons. The van der Waals surface area contributed by atoms with E-state index in [9.17, 15) is 4.39 Å². The molecule has 4 nitrogen and oxygen atoms in total. The summed E-state index contributed by atoms with van der Waals surface area (Å²) in [5.41, 5.74) is 2.24. The lowest BCUT2D eigenvalue weighted by Crippen LogP contribution is -1.99. The Morgan fingerprint density at radius 3 is 2.61 bits per heavy atom. The topological polar surface area (TPSA) is 47.4 Å². The Morgan fingerprint density at radius 1 is 1.22 bits per heavy atom. The van der Waals surface area contributed by atoms with Crippen LogP contribution in [0.15, 0.2) is 41.8 Å². The first-order valence-corrected chi connectivity index (χ1v) is 5.41. The van der Waals surface area contributed by atoms with Crippen molar-refractivity contribution in [1.29, 1.82) is 0 Å². The van der Waals surface area contributed by atoms with E-state index in [0.29, 0.717) is 11.6 Å². The standard InChI is InChI=1S/C13H12FN3O/c1-9-7-13(16-8-15-9)18-17-10(2)11-3-5-12(14)6-4-11/h3-8H,1-2H3/b17-10+. The van der Waals surface area contributed by atoms with Crippen LogP contribution in [0.1, 0.15) is 18.2 Å². The van der Waals surface area contributed by atoms with Crippen LogP contribution >= 0.6 is 0 Å². The molecule has 1 aromatic carbocycles. The summed E-state index contributed by atoms with van der Waals surface area (Å²) in [6.45, 7) is 3.62. The summed E-state index contributed by atoms with van der Waals surface area (Å²) in [7, 11) is 0. The second-order valence-corrected chi connectivity index (χ2v) is 3.77. The molecule has 0 saturated heterocycles. The smallest absolute Gasteiger partial charge is 0.251 e. The molecule has 5 heteroatoms. The van der Waals surface area contributed by atoms with E-state index >= 15 is 0 Å². The lowest BCUT2D eigenvalue weighted by molar-refractivity contribution is 0.326. The molecule has 0 amide bonds. The van der Waals surface area contributed by atoms with Gasteiger partial charge in [0.2, 0.25) is 0 Å². The first-order valence-electron chi connectivity index (χ1n) is 5.41. The molecule has 0 atom stereocenters. The molecule has 0 aliphatic heterocycles. The molecule has 0 saturated carbocycles. The average molecular weight is 245 g/mol. The van der Waals surface area contributed by atoms with E-state index in [1.807, 2.05) is 6.92 Å². The summed E-state index contributed by atoms with van der Waals surface area (Å²) in [6.07, 6.45) is 1.41. The van der Waals surface area contributed by atoms with Gasteiger partial charge in [-0.05, 0) is 31.5 Å². The highest BCUT2D eigenvalue weighted by Gasteiger charge is 2.00. The predicted octanol–water partition coefficient (Wildman–Crippen LogP) is 2.73. The van der Waals surface area contributed by atoms with Crippen LogP contribution in [0, 0.1) is 12.7 Å². The Bertz CT molecular complexity index is 567. The van der Waals surface area contributed by atoms with E-state index in [1.54, 1.807) is 25.1 Å². The zero-order valence-corrected chi connectivity index (χ0v) is 10.1. The number of benzene rings is 1. The van der Waals surface area contributed by atoms with Gasteiger partial charge in [-0.2, -0.15) is 4.98 Å². The zero-order valence-electron chi connectivity index (χ0n) is 10.1. The van der Waals surface area contributed by atoms with Gasteiger partial charge in [-0.25, -0.2) is 9.37 Å². The summed E-state index contributed by atoms with van der Waals surface area (Å²) in [5, 5.41) is 3.94. The van der Waals surface area contributed by atoms with Crippen LogP contribution in [-0.4, -0.2) is 15.7 Å². The van der Waals surface area contributed by atoms with Gasteiger partial charge in [0.25, 0.3) is 5.88 Å². The first-order chi connectivity index (χ1) is 8.65. The molecular weight excluding hydrogens is 233 g/mol. The monoisotopic (exact) mass is 245 g/mol. The summed E-state index contributed by atoms with van der Waals surface area (Å²) in [5.74, 6) is 0.0999. The highest BCUT2D eigenvalue weighted by atomic mass is 19.1. The van der Waals surface area contributed by atoms with Gasteiger partial charge in [0.05, 0.1) is 5.71 Å². The van der Waals surface area contributed by atoms with Crippen LogP contribution in [0.25, 0.3) is 0 Å². The van der Waals surface area contributed by atoms with Crippen molar-refractivity contribution in [3.05, 3.63) is 53.7 Å². The first kappa shape index (κ1) is 12.2. The maximum absolute atomic E-state index is 12.8. The van der Waals surface area contributed by atoms with Gasteiger partial charge >= 0.3 is 0 Å². The fourth-order valence-corrected chi connectivity index (χ4v) is 1.34. The van der Waals surface area contributed by atoms with Crippen molar-refractivity contribution in [2.75, 3.05) is 0 Å². The minimum absolute atomic E-state index is 0.279. The normalized spacial score (nSPS) is 11.4. The van der Waals surface area contributed by atoms with Crippen molar-refractivity contribution in [1.82, 2.24) is 9.97 Å². The summed E-state index contributed by atoms with van der Waals surface area (Å²) < 4.78 is 12.8. The van der Waals surface area contributed by atoms with Gasteiger partial charge in [0.1, 0.15) is 12.1 Å². The van der Waals surface area contributed by atoms with E-state index in [1.165, 1.54) is 18.5 Å². The largest absolute Gasteiger partial charge is 0.336 e. The van der Waals surface area contributed by atoms with Gasteiger partial charge < -0.3 is 4.84 Å². The second kappa shape index (κ2) is 5.35. The lowest BCUT2D eigenvalue weighted by atomic mass is 10.1. The van der Waals surface area contributed by atoms with E-state index in [0.717, 1.165) is 11.3 Å². The minimum atomic E-state index is -0.279. The molecule has 0 aliphatic carbocycles. The van der Waals surface area contributed by atoms with Crippen LogP contribution in [-0.2, 0) is 0 Å². The van der Waals surface area contributed by atoms with Crippen LogP contribution in [0.2, 0.25) is 0 Å². The summed E-state index contributed by atoms with van der Waals surface area (Å²) in [6, 6.07) is 7.72. The third-order valence-corrected chi connectivity index (χ3v) is 2.32. The molecule has 0 N–H and O–H groups in total. The molecule has 18 heavy (non-hydrogen) atoms. The lowest BCUT2D eigenvalue weighted by Gasteiger charge is -2.01. The fraction of sp³-hybridized carbons (Fsp3) is 0.154. The molecule has 2 rings (SSSR count). The van der Waals surface area contributed by atoms with Gasteiger partial charge in [-0.1, -0.05) is 17.3 Å². The minimum Gasteiger partial charge on any atom is -0.336 e. The maximum Gasteiger partial charge on any atom is 0.251 e. The van der Waals surface area contributed by atoms with Crippen molar-refractivity contribution >= 4 is 5.71 Å². The highest BCUT2D eigenvalue weighted by Crippen LogP contribution is 2.08. The summed E-state index contributed by atoms with van der Waals surface area (Å²) >= 11 is 0. The number of hydrogen-bond acceptors (Lipinski definition) is 4. The molecule has 0 aliphatic rings. The highest BCUT2D eigenvalue weighted by molar-refractivity contribution is 5.98. The number of nitrogens with zero attached hydrogens (tertiary/aromatic N) is 3. The van der Waals surface area contributed by atoms with E-state index in [2.05, 4.69) is 15.1 Å². The van der Waals surface area contributed by atoms with Gasteiger partial charge in [-0.3, -0.25) is 0 Å². The predicted molar refractivity (Wildman–Crippen MR) is 66.0 cm³/mol. The number of hydrogen-bond donors (Lipinski definition) is 0. The van der Waals surface area contributed by atoms with E-state index in [-0.39, 0.29) is 5.82 Å².